The minimum atomic E-state index is -2.88. The van der Waals surface area contributed by atoms with Crippen LogP contribution < -0.4 is 14.8 Å². The Hall–Kier alpha value is -1.27. The second-order valence-corrected chi connectivity index (χ2v) is 6.80. The molecule has 0 atom stereocenters. The third-order valence-electron chi connectivity index (χ3n) is 2.75. The first kappa shape index (κ1) is 16.8. The van der Waals surface area contributed by atoms with Crippen molar-refractivity contribution in [3.8, 4) is 11.5 Å². The molecule has 5 nitrogen and oxygen atoms in total. The first-order valence-corrected chi connectivity index (χ1v) is 8.71. The first-order chi connectivity index (χ1) is 9.48. The Bertz CT molecular complexity index is 514. The summed E-state index contributed by atoms with van der Waals surface area (Å²) in [6.07, 6.45) is 1.86. The SMILES string of the molecule is CCOc1cccc(CNCCCS(C)(=O)=O)c1OC. The lowest BCUT2D eigenvalue weighted by Crippen LogP contribution is -2.18. The molecule has 0 heterocycles. The summed E-state index contributed by atoms with van der Waals surface area (Å²) in [5, 5.41) is 3.22. The van der Waals surface area contributed by atoms with Crippen LogP contribution in [0.2, 0.25) is 0 Å². The molecule has 0 unspecified atom stereocenters. The van der Waals surface area contributed by atoms with E-state index in [1.54, 1.807) is 7.11 Å². The highest BCUT2D eigenvalue weighted by Gasteiger charge is 2.09. The molecule has 0 aromatic heterocycles. The predicted octanol–water partition coefficient (Wildman–Crippen LogP) is 1.62. The van der Waals surface area contributed by atoms with Crippen LogP contribution in [-0.4, -0.2) is 40.7 Å². The Labute approximate surface area is 121 Å². The summed E-state index contributed by atoms with van der Waals surface area (Å²) in [5.41, 5.74) is 0.998. The van der Waals surface area contributed by atoms with Gasteiger partial charge in [0, 0.05) is 18.4 Å². The number of hydrogen-bond acceptors (Lipinski definition) is 5. The van der Waals surface area contributed by atoms with Gasteiger partial charge in [0.15, 0.2) is 11.5 Å². The second-order valence-electron chi connectivity index (χ2n) is 4.54. The number of ether oxygens (including phenoxy) is 2. The molecule has 0 saturated carbocycles. The van der Waals surface area contributed by atoms with E-state index in [4.69, 9.17) is 9.47 Å². The normalized spacial score (nSPS) is 11.3. The third-order valence-corrected chi connectivity index (χ3v) is 3.78. The lowest BCUT2D eigenvalue weighted by molar-refractivity contribution is 0.308. The van der Waals surface area contributed by atoms with Crippen LogP contribution >= 0.6 is 0 Å². The van der Waals surface area contributed by atoms with Crippen molar-refractivity contribution in [2.24, 2.45) is 0 Å². The van der Waals surface area contributed by atoms with E-state index < -0.39 is 9.84 Å². The van der Waals surface area contributed by atoms with Crippen molar-refractivity contribution in [2.45, 2.75) is 19.9 Å². The number of nitrogens with one attached hydrogen (secondary N) is 1. The maximum absolute atomic E-state index is 11.0. The maximum Gasteiger partial charge on any atom is 0.165 e. The lowest BCUT2D eigenvalue weighted by atomic mass is 10.2. The molecule has 0 spiro atoms. The molecular weight excluding hydrogens is 278 g/mol. The van der Waals surface area contributed by atoms with Crippen LogP contribution in [0.15, 0.2) is 18.2 Å². The minimum Gasteiger partial charge on any atom is -0.493 e. The van der Waals surface area contributed by atoms with Gasteiger partial charge in [-0.1, -0.05) is 12.1 Å². The number of sulfone groups is 1. The summed E-state index contributed by atoms with van der Waals surface area (Å²) >= 11 is 0. The summed E-state index contributed by atoms with van der Waals surface area (Å²) in [6, 6.07) is 5.75. The van der Waals surface area contributed by atoms with Gasteiger partial charge in [0.25, 0.3) is 0 Å². The fourth-order valence-electron chi connectivity index (χ4n) is 1.88. The van der Waals surface area contributed by atoms with Crippen LogP contribution in [0.1, 0.15) is 18.9 Å². The molecule has 0 radical (unpaired) electrons. The lowest BCUT2D eigenvalue weighted by Gasteiger charge is -2.14. The molecule has 114 valence electrons. The van der Waals surface area contributed by atoms with E-state index in [0.717, 1.165) is 17.1 Å². The van der Waals surface area contributed by atoms with Crippen molar-refractivity contribution in [3.05, 3.63) is 23.8 Å². The fraction of sp³-hybridized carbons (Fsp3) is 0.571. The van der Waals surface area contributed by atoms with E-state index in [1.807, 2.05) is 25.1 Å². The van der Waals surface area contributed by atoms with Crippen molar-refractivity contribution in [1.82, 2.24) is 5.32 Å². The molecule has 1 aromatic carbocycles. The molecule has 0 amide bonds. The zero-order chi connectivity index (χ0) is 15.0. The number of rotatable bonds is 9. The van der Waals surface area contributed by atoms with Crippen LogP contribution in [0, 0.1) is 0 Å². The monoisotopic (exact) mass is 301 g/mol. The van der Waals surface area contributed by atoms with Gasteiger partial charge in [-0.25, -0.2) is 8.42 Å². The van der Waals surface area contributed by atoms with Gasteiger partial charge in [0.2, 0.25) is 0 Å². The van der Waals surface area contributed by atoms with Crippen LogP contribution in [0.25, 0.3) is 0 Å². The summed E-state index contributed by atoms with van der Waals surface area (Å²) in [5.74, 6) is 1.66. The van der Waals surface area contributed by atoms with Crippen LogP contribution in [-0.2, 0) is 16.4 Å². The van der Waals surface area contributed by atoms with Gasteiger partial charge < -0.3 is 14.8 Å². The van der Waals surface area contributed by atoms with Crippen molar-refractivity contribution in [1.29, 1.82) is 0 Å². The maximum atomic E-state index is 11.0. The highest BCUT2D eigenvalue weighted by atomic mass is 32.2. The smallest absolute Gasteiger partial charge is 0.165 e. The molecule has 0 aliphatic heterocycles. The number of para-hydroxylation sites is 1. The molecular formula is C14H23NO4S. The van der Waals surface area contributed by atoms with E-state index in [9.17, 15) is 8.42 Å². The van der Waals surface area contributed by atoms with E-state index in [1.165, 1.54) is 6.26 Å². The standard InChI is InChI=1S/C14H23NO4S/c1-4-19-13-8-5-7-12(14(13)18-2)11-15-9-6-10-20(3,16)17/h5,7-8,15H,4,6,9-11H2,1-3H3. The summed E-state index contributed by atoms with van der Waals surface area (Å²) in [7, 11) is -1.26. The zero-order valence-electron chi connectivity index (χ0n) is 12.3. The Balaban J connectivity index is 2.53. The molecule has 0 fully saturated rings. The molecule has 1 aromatic rings. The average molecular weight is 301 g/mol. The Morgan fingerprint density at radius 3 is 2.65 bits per heavy atom. The van der Waals surface area contributed by atoms with Crippen molar-refractivity contribution in [2.75, 3.05) is 32.3 Å². The largest absolute Gasteiger partial charge is 0.493 e. The Morgan fingerprint density at radius 2 is 2.05 bits per heavy atom. The van der Waals surface area contributed by atoms with Crippen LogP contribution in [0.5, 0.6) is 11.5 Å². The Kier molecular flexibility index (Phi) is 6.81. The van der Waals surface area contributed by atoms with Gasteiger partial charge in [-0.2, -0.15) is 0 Å². The van der Waals surface area contributed by atoms with Gasteiger partial charge in [-0.05, 0) is 26.0 Å². The van der Waals surface area contributed by atoms with Gasteiger partial charge in [0.1, 0.15) is 9.84 Å². The number of methoxy groups -OCH3 is 1. The molecule has 0 aliphatic rings. The molecule has 6 heteroatoms. The Morgan fingerprint density at radius 1 is 1.30 bits per heavy atom. The molecule has 0 bridgehead atoms. The first-order valence-electron chi connectivity index (χ1n) is 6.65. The van der Waals surface area contributed by atoms with Crippen molar-refractivity contribution >= 4 is 9.84 Å². The summed E-state index contributed by atoms with van der Waals surface area (Å²) in [6.45, 7) is 3.78. The van der Waals surface area contributed by atoms with Crippen molar-refractivity contribution in [3.63, 3.8) is 0 Å². The molecule has 20 heavy (non-hydrogen) atoms. The van der Waals surface area contributed by atoms with Gasteiger partial charge in [0.05, 0.1) is 19.5 Å². The summed E-state index contributed by atoms with van der Waals surface area (Å²) in [4.78, 5) is 0. The second kappa shape index (κ2) is 8.11. The zero-order valence-corrected chi connectivity index (χ0v) is 13.1. The van der Waals surface area contributed by atoms with Gasteiger partial charge >= 0.3 is 0 Å². The summed E-state index contributed by atoms with van der Waals surface area (Å²) < 4.78 is 32.9. The van der Waals surface area contributed by atoms with E-state index in [-0.39, 0.29) is 5.75 Å². The number of benzene rings is 1. The van der Waals surface area contributed by atoms with Crippen LogP contribution in [0.4, 0.5) is 0 Å². The van der Waals surface area contributed by atoms with Crippen LogP contribution in [0.3, 0.4) is 0 Å². The topological polar surface area (TPSA) is 64.6 Å². The quantitative estimate of drug-likeness (QED) is 0.702. The van der Waals surface area contributed by atoms with Crippen molar-refractivity contribution < 1.29 is 17.9 Å². The molecule has 0 saturated heterocycles. The van der Waals surface area contributed by atoms with E-state index in [0.29, 0.717) is 26.1 Å². The highest BCUT2D eigenvalue weighted by molar-refractivity contribution is 7.90. The van der Waals surface area contributed by atoms with E-state index in [2.05, 4.69) is 5.32 Å². The highest BCUT2D eigenvalue weighted by Crippen LogP contribution is 2.30. The van der Waals surface area contributed by atoms with Gasteiger partial charge in [-0.15, -0.1) is 0 Å². The minimum absolute atomic E-state index is 0.204. The predicted molar refractivity (Wildman–Crippen MR) is 80.2 cm³/mol. The van der Waals surface area contributed by atoms with Gasteiger partial charge in [-0.3, -0.25) is 0 Å². The fourth-order valence-corrected chi connectivity index (χ4v) is 2.55. The average Bonchev–Trinajstić information content (AvgIpc) is 2.37. The molecule has 0 aliphatic carbocycles. The third kappa shape index (κ3) is 5.79. The number of hydrogen-bond donors (Lipinski definition) is 1. The molecule has 1 rings (SSSR count). The molecule has 1 N–H and O–H groups in total. The van der Waals surface area contributed by atoms with E-state index >= 15 is 0 Å².